The van der Waals surface area contributed by atoms with E-state index in [0.29, 0.717) is 0 Å². The molecule has 3 N–H and O–H groups in total. The highest BCUT2D eigenvalue weighted by atomic mass is 31.1. The molecule has 98 valence electrons. The third-order valence-electron chi connectivity index (χ3n) is 2.98. The van der Waals surface area contributed by atoms with Crippen molar-refractivity contribution in [2.24, 2.45) is 5.84 Å². The molecule has 0 saturated heterocycles. The van der Waals surface area contributed by atoms with E-state index in [1.807, 2.05) is 43.3 Å². The van der Waals surface area contributed by atoms with Crippen molar-refractivity contribution in [2.75, 3.05) is 0 Å². The molecule has 0 spiro atoms. The van der Waals surface area contributed by atoms with E-state index in [-0.39, 0.29) is 11.6 Å². The summed E-state index contributed by atoms with van der Waals surface area (Å²) in [6, 6.07) is 20.2. The van der Waals surface area contributed by atoms with Crippen LogP contribution in [0.15, 0.2) is 60.7 Å². The number of nitrogens with one attached hydrogen (secondary N) is 1. The summed E-state index contributed by atoms with van der Waals surface area (Å²) in [5.41, 5.74) is 2.10. The van der Waals surface area contributed by atoms with Gasteiger partial charge in [0.2, 0.25) is 5.91 Å². The molecular formula is C15H17N2OP. The summed E-state index contributed by atoms with van der Waals surface area (Å²) in [7, 11) is -0.749. The normalized spacial score (nSPS) is 12.2. The Balaban J connectivity index is 2.43. The van der Waals surface area contributed by atoms with Crippen LogP contribution in [0, 0.1) is 0 Å². The summed E-state index contributed by atoms with van der Waals surface area (Å²) in [5.74, 6) is 5.15. The van der Waals surface area contributed by atoms with Crippen LogP contribution in [0.5, 0.6) is 0 Å². The highest BCUT2D eigenvalue weighted by Crippen LogP contribution is 2.39. The van der Waals surface area contributed by atoms with E-state index in [9.17, 15) is 4.79 Å². The summed E-state index contributed by atoms with van der Waals surface area (Å²) < 4.78 is 0. The van der Waals surface area contributed by atoms with E-state index in [1.165, 1.54) is 10.6 Å². The third-order valence-corrected chi connectivity index (χ3v) is 5.70. The average molecular weight is 272 g/mol. The Morgan fingerprint density at radius 1 is 1.00 bits per heavy atom. The highest BCUT2D eigenvalue weighted by Gasteiger charge is 2.25. The number of hydrazine groups is 1. The number of hydrogen-bond acceptors (Lipinski definition) is 2. The summed E-state index contributed by atoms with van der Waals surface area (Å²) in [6.07, 6.45) is 0. The van der Waals surface area contributed by atoms with Crippen molar-refractivity contribution >= 4 is 24.4 Å². The molecule has 4 heteroatoms. The fraction of sp³-hybridized carbons (Fsp3) is 0.133. The molecule has 1 unspecified atom stereocenters. The van der Waals surface area contributed by atoms with Gasteiger partial charge in [0.25, 0.3) is 0 Å². The number of nitrogens with two attached hydrogens (primary N) is 1. The predicted octanol–water partition coefficient (Wildman–Crippen LogP) is 1.50. The fourth-order valence-corrected chi connectivity index (χ4v) is 4.50. The smallest absolute Gasteiger partial charge is 0.241 e. The molecule has 0 aliphatic heterocycles. The number of rotatable bonds is 4. The lowest BCUT2D eigenvalue weighted by molar-refractivity contribution is -0.120. The minimum absolute atomic E-state index is 0.126. The topological polar surface area (TPSA) is 55.1 Å². The first-order chi connectivity index (χ1) is 9.24. The lowest BCUT2D eigenvalue weighted by Gasteiger charge is -2.24. The number of carbonyl (C=O) groups excluding carboxylic acids is 1. The van der Waals surface area contributed by atoms with Gasteiger partial charge < -0.3 is 0 Å². The summed E-state index contributed by atoms with van der Waals surface area (Å²) in [5, 5.41) is 2.36. The standard InChI is InChI=1S/C15H17N2OP/c1-12(15(18)17-16)19(13-8-4-2-5-9-13)14-10-6-3-7-11-14/h2-12H,16H2,1H3,(H,17,18). The van der Waals surface area contributed by atoms with Gasteiger partial charge in [0.1, 0.15) is 0 Å². The zero-order chi connectivity index (χ0) is 13.7. The summed E-state index contributed by atoms with van der Waals surface area (Å²) in [6.45, 7) is 1.92. The molecule has 0 aromatic heterocycles. The molecule has 3 nitrogen and oxygen atoms in total. The van der Waals surface area contributed by atoms with Gasteiger partial charge in [-0.25, -0.2) is 5.84 Å². The Kier molecular flexibility index (Phi) is 4.67. The van der Waals surface area contributed by atoms with Crippen LogP contribution >= 0.6 is 7.92 Å². The molecule has 0 saturated carbocycles. The van der Waals surface area contributed by atoms with Crippen LogP contribution in [0.2, 0.25) is 0 Å². The van der Waals surface area contributed by atoms with E-state index in [1.54, 1.807) is 0 Å². The number of amides is 1. The Labute approximate surface area is 114 Å². The minimum Gasteiger partial charge on any atom is -0.294 e. The van der Waals surface area contributed by atoms with Gasteiger partial charge in [0.05, 0.1) is 5.66 Å². The van der Waals surface area contributed by atoms with Gasteiger partial charge in [-0.15, -0.1) is 0 Å². The molecular weight excluding hydrogens is 255 g/mol. The van der Waals surface area contributed by atoms with Gasteiger partial charge in [-0.2, -0.15) is 0 Å². The van der Waals surface area contributed by atoms with Crippen molar-refractivity contribution in [1.82, 2.24) is 5.43 Å². The molecule has 19 heavy (non-hydrogen) atoms. The van der Waals surface area contributed by atoms with Crippen LogP contribution in [0.4, 0.5) is 0 Å². The van der Waals surface area contributed by atoms with Gasteiger partial charge >= 0.3 is 0 Å². The molecule has 2 aromatic carbocycles. The second-order valence-corrected chi connectivity index (χ2v) is 6.77. The van der Waals surface area contributed by atoms with Gasteiger partial charge in [0, 0.05) is 0 Å². The molecule has 0 aliphatic carbocycles. The van der Waals surface area contributed by atoms with Crippen LogP contribution in [0.3, 0.4) is 0 Å². The summed E-state index contributed by atoms with van der Waals surface area (Å²) >= 11 is 0. The first-order valence-corrected chi connectivity index (χ1v) is 7.55. The number of hydrogen-bond donors (Lipinski definition) is 2. The van der Waals surface area contributed by atoms with Crippen LogP contribution < -0.4 is 21.9 Å². The molecule has 1 atom stereocenters. The quantitative estimate of drug-likeness (QED) is 0.383. The van der Waals surface area contributed by atoms with Crippen LogP contribution in [0.1, 0.15) is 6.92 Å². The molecule has 1 amide bonds. The maximum absolute atomic E-state index is 11.9. The van der Waals surface area contributed by atoms with Gasteiger partial charge in [-0.1, -0.05) is 60.7 Å². The lowest BCUT2D eigenvalue weighted by Crippen LogP contribution is -2.39. The van der Waals surface area contributed by atoms with Crippen molar-refractivity contribution in [3.05, 3.63) is 60.7 Å². The molecule has 0 bridgehead atoms. The Hall–Kier alpha value is -1.70. The predicted molar refractivity (Wildman–Crippen MR) is 80.9 cm³/mol. The van der Waals surface area contributed by atoms with Crippen molar-refractivity contribution in [3.8, 4) is 0 Å². The van der Waals surface area contributed by atoms with Crippen molar-refractivity contribution in [1.29, 1.82) is 0 Å². The molecule has 0 heterocycles. The molecule has 0 radical (unpaired) electrons. The van der Waals surface area contributed by atoms with Gasteiger partial charge in [0.15, 0.2) is 0 Å². The average Bonchev–Trinajstić information content (AvgIpc) is 2.49. The van der Waals surface area contributed by atoms with Crippen molar-refractivity contribution in [3.63, 3.8) is 0 Å². The molecule has 2 rings (SSSR count). The Bertz CT molecular complexity index is 491. The molecule has 2 aromatic rings. The SMILES string of the molecule is CC(C(=O)NN)P(c1ccccc1)c1ccccc1. The maximum Gasteiger partial charge on any atom is 0.241 e. The second-order valence-electron chi connectivity index (χ2n) is 4.23. The van der Waals surface area contributed by atoms with Crippen LogP contribution in [0.25, 0.3) is 0 Å². The zero-order valence-corrected chi connectivity index (χ0v) is 11.7. The van der Waals surface area contributed by atoms with E-state index in [0.717, 1.165) is 0 Å². The van der Waals surface area contributed by atoms with E-state index >= 15 is 0 Å². The van der Waals surface area contributed by atoms with E-state index in [2.05, 4.69) is 29.7 Å². The van der Waals surface area contributed by atoms with Gasteiger partial charge in [-0.3, -0.25) is 10.2 Å². The van der Waals surface area contributed by atoms with Gasteiger partial charge in [-0.05, 0) is 25.5 Å². The largest absolute Gasteiger partial charge is 0.294 e. The third kappa shape index (κ3) is 3.19. The highest BCUT2D eigenvalue weighted by molar-refractivity contribution is 7.74. The summed E-state index contributed by atoms with van der Waals surface area (Å²) in [4.78, 5) is 11.9. The van der Waals surface area contributed by atoms with E-state index < -0.39 is 7.92 Å². The Morgan fingerprint density at radius 3 is 1.79 bits per heavy atom. The zero-order valence-electron chi connectivity index (χ0n) is 10.8. The van der Waals surface area contributed by atoms with Crippen LogP contribution in [-0.4, -0.2) is 11.6 Å². The van der Waals surface area contributed by atoms with E-state index in [4.69, 9.17) is 5.84 Å². The number of benzene rings is 2. The minimum atomic E-state index is -0.749. The van der Waals surface area contributed by atoms with Crippen LogP contribution in [-0.2, 0) is 4.79 Å². The number of carbonyl (C=O) groups is 1. The Morgan fingerprint density at radius 2 is 1.42 bits per heavy atom. The fourth-order valence-electron chi connectivity index (χ4n) is 2.01. The van der Waals surface area contributed by atoms with Crippen molar-refractivity contribution in [2.45, 2.75) is 12.6 Å². The lowest BCUT2D eigenvalue weighted by atomic mass is 10.4. The van der Waals surface area contributed by atoms with Crippen molar-refractivity contribution < 1.29 is 4.79 Å². The maximum atomic E-state index is 11.9. The molecule has 0 fully saturated rings. The monoisotopic (exact) mass is 272 g/mol. The first kappa shape index (κ1) is 13.7. The molecule has 0 aliphatic rings. The first-order valence-electron chi connectivity index (χ1n) is 6.14. The second kappa shape index (κ2) is 6.46.